The topological polar surface area (TPSA) is 49.4 Å². The van der Waals surface area contributed by atoms with Gasteiger partial charge in [-0.2, -0.15) is 0 Å². The molecule has 2 rings (SSSR count). The monoisotopic (exact) mass is 366 g/mol. The van der Waals surface area contributed by atoms with Crippen LogP contribution in [0.5, 0.6) is 0 Å². The zero-order valence-electron chi connectivity index (χ0n) is 11.1. The van der Waals surface area contributed by atoms with Crippen LogP contribution >= 0.6 is 27.3 Å². The highest BCUT2D eigenvalue weighted by atomic mass is 79.9. The summed E-state index contributed by atoms with van der Waals surface area (Å²) in [5.74, 6) is 0. The van der Waals surface area contributed by atoms with E-state index in [9.17, 15) is 8.42 Å². The number of hydrogen-bond acceptors (Lipinski definition) is 4. The van der Waals surface area contributed by atoms with Gasteiger partial charge in [-0.25, -0.2) is 13.1 Å². The second-order valence-electron chi connectivity index (χ2n) is 5.00. The molecule has 108 valence electrons. The molecule has 1 aromatic rings. The lowest BCUT2D eigenvalue weighted by Crippen LogP contribution is -2.41. The Hall–Kier alpha value is 0.0500. The first kappa shape index (κ1) is 15.4. The summed E-state index contributed by atoms with van der Waals surface area (Å²) in [6.07, 6.45) is 2.44. The van der Waals surface area contributed by atoms with Gasteiger partial charge in [0.2, 0.25) is 10.0 Å². The molecule has 0 radical (unpaired) electrons. The Kier molecular flexibility index (Phi) is 5.05. The highest BCUT2D eigenvalue weighted by Gasteiger charge is 2.23. The van der Waals surface area contributed by atoms with Crippen LogP contribution in [0.25, 0.3) is 0 Å². The van der Waals surface area contributed by atoms with E-state index in [1.807, 2.05) is 13.8 Å². The summed E-state index contributed by atoms with van der Waals surface area (Å²) >= 11 is 4.77. The zero-order chi connectivity index (χ0) is 14.0. The Morgan fingerprint density at radius 1 is 1.47 bits per heavy atom. The maximum atomic E-state index is 12.3. The van der Waals surface area contributed by atoms with Crippen LogP contribution in [-0.4, -0.2) is 39.0 Å². The standard InChI is InChI=1S/C12H19BrN2O2S2/c1-9(8-15-5-3-4-6-15)14-19(16,17)11-7-12(13)18-10(11)2/h7,9,14H,3-6,8H2,1-2H3. The molecule has 1 N–H and O–H groups in total. The molecule has 1 fully saturated rings. The van der Waals surface area contributed by atoms with Gasteiger partial charge in [0.15, 0.2) is 0 Å². The molecule has 7 heteroatoms. The number of nitrogens with zero attached hydrogens (tertiary/aromatic N) is 1. The summed E-state index contributed by atoms with van der Waals surface area (Å²) in [6.45, 7) is 6.69. The molecule has 1 aliphatic heterocycles. The number of rotatable bonds is 5. The third-order valence-electron chi connectivity index (χ3n) is 3.22. The van der Waals surface area contributed by atoms with Gasteiger partial charge in [-0.15, -0.1) is 11.3 Å². The van der Waals surface area contributed by atoms with Crippen molar-refractivity contribution in [2.75, 3.05) is 19.6 Å². The van der Waals surface area contributed by atoms with Crippen molar-refractivity contribution in [1.82, 2.24) is 9.62 Å². The largest absolute Gasteiger partial charge is 0.302 e. The lowest BCUT2D eigenvalue weighted by atomic mass is 10.3. The number of halogens is 1. The van der Waals surface area contributed by atoms with Gasteiger partial charge in [0.1, 0.15) is 0 Å². The summed E-state index contributed by atoms with van der Waals surface area (Å²) in [7, 11) is -3.41. The van der Waals surface area contributed by atoms with E-state index in [4.69, 9.17) is 0 Å². The van der Waals surface area contributed by atoms with E-state index in [1.165, 1.54) is 24.2 Å². The Labute approximate surface area is 127 Å². The number of nitrogens with one attached hydrogen (secondary N) is 1. The number of sulfonamides is 1. The lowest BCUT2D eigenvalue weighted by Gasteiger charge is -2.21. The van der Waals surface area contributed by atoms with Crippen LogP contribution in [0, 0.1) is 6.92 Å². The minimum absolute atomic E-state index is 0.0684. The predicted octanol–water partition coefficient (Wildman–Crippen LogP) is 2.58. The highest BCUT2D eigenvalue weighted by Crippen LogP contribution is 2.29. The van der Waals surface area contributed by atoms with Crippen LogP contribution in [0.1, 0.15) is 24.6 Å². The van der Waals surface area contributed by atoms with Crippen LogP contribution in [0.15, 0.2) is 14.7 Å². The number of thiophene rings is 1. The first-order valence-corrected chi connectivity index (χ1v) is 9.48. The Morgan fingerprint density at radius 2 is 2.11 bits per heavy atom. The van der Waals surface area contributed by atoms with Crippen molar-refractivity contribution < 1.29 is 8.42 Å². The number of aryl methyl sites for hydroxylation is 1. The lowest BCUT2D eigenvalue weighted by molar-refractivity contribution is 0.313. The van der Waals surface area contributed by atoms with Crippen LogP contribution in [-0.2, 0) is 10.0 Å². The summed E-state index contributed by atoms with van der Waals surface area (Å²) < 4.78 is 28.2. The molecule has 0 bridgehead atoms. The van der Waals surface area contributed by atoms with Crippen LogP contribution in [0.3, 0.4) is 0 Å². The van der Waals surface area contributed by atoms with Crippen LogP contribution in [0.4, 0.5) is 0 Å². The Balaban J connectivity index is 2.02. The molecular weight excluding hydrogens is 348 g/mol. The fourth-order valence-corrected chi connectivity index (χ4v) is 6.06. The quantitative estimate of drug-likeness (QED) is 0.870. The fourth-order valence-electron chi connectivity index (χ4n) is 2.42. The van der Waals surface area contributed by atoms with Gasteiger partial charge in [0.05, 0.1) is 8.68 Å². The maximum Gasteiger partial charge on any atom is 0.241 e. The van der Waals surface area contributed by atoms with E-state index in [2.05, 4.69) is 25.6 Å². The van der Waals surface area contributed by atoms with Gasteiger partial charge < -0.3 is 4.90 Å². The molecular formula is C12H19BrN2O2S2. The summed E-state index contributed by atoms with van der Waals surface area (Å²) in [5, 5.41) is 0. The van der Waals surface area contributed by atoms with Gasteiger partial charge in [-0.1, -0.05) is 0 Å². The molecule has 2 heterocycles. The predicted molar refractivity (Wildman–Crippen MR) is 82.2 cm³/mol. The van der Waals surface area contributed by atoms with Crippen LogP contribution in [0.2, 0.25) is 0 Å². The van der Waals surface area contributed by atoms with Gasteiger partial charge >= 0.3 is 0 Å². The Bertz CT molecular complexity index is 536. The minimum Gasteiger partial charge on any atom is -0.302 e. The highest BCUT2D eigenvalue weighted by molar-refractivity contribution is 9.11. The second kappa shape index (κ2) is 6.22. The van der Waals surface area contributed by atoms with E-state index in [1.54, 1.807) is 6.07 Å². The molecule has 0 aromatic carbocycles. The average molecular weight is 367 g/mol. The Morgan fingerprint density at radius 3 is 2.63 bits per heavy atom. The summed E-state index contributed by atoms with van der Waals surface area (Å²) in [6, 6.07) is 1.60. The zero-order valence-corrected chi connectivity index (χ0v) is 14.4. The molecule has 1 saturated heterocycles. The van der Waals surface area contributed by atoms with Crippen LogP contribution < -0.4 is 4.72 Å². The molecule has 1 aromatic heterocycles. The normalized spacial score (nSPS) is 18.9. The van der Waals surface area contributed by atoms with E-state index >= 15 is 0 Å². The number of hydrogen-bond donors (Lipinski definition) is 1. The van der Waals surface area contributed by atoms with Crippen molar-refractivity contribution >= 4 is 37.3 Å². The van der Waals surface area contributed by atoms with Crippen molar-refractivity contribution in [3.05, 3.63) is 14.7 Å². The molecule has 0 saturated carbocycles. The van der Waals surface area contributed by atoms with Gasteiger partial charge in [-0.3, -0.25) is 0 Å². The van der Waals surface area contributed by atoms with Gasteiger partial charge in [-0.05, 0) is 61.8 Å². The molecule has 1 atom stereocenters. The van der Waals surface area contributed by atoms with Crippen molar-refractivity contribution in [2.45, 2.75) is 37.6 Å². The van der Waals surface area contributed by atoms with E-state index < -0.39 is 10.0 Å². The summed E-state index contributed by atoms with van der Waals surface area (Å²) in [5.41, 5.74) is 0. The van der Waals surface area contributed by atoms with Crippen molar-refractivity contribution in [3.63, 3.8) is 0 Å². The fraction of sp³-hybridized carbons (Fsp3) is 0.667. The molecule has 1 unspecified atom stereocenters. The number of likely N-dealkylation sites (tertiary alicyclic amines) is 1. The molecule has 4 nitrogen and oxygen atoms in total. The molecule has 0 amide bonds. The van der Waals surface area contributed by atoms with E-state index in [-0.39, 0.29) is 6.04 Å². The first-order chi connectivity index (χ1) is 8.88. The van der Waals surface area contributed by atoms with Crippen molar-refractivity contribution in [1.29, 1.82) is 0 Å². The molecule has 19 heavy (non-hydrogen) atoms. The third kappa shape index (κ3) is 4.01. The third-order valence-corrected chi connectivity index (χ3v) is 6.62. The van der Waals surface area contributed by atoms with Crippen molar-refractivity contribution in [3.8, 4) is 0 Å². The van der Waals surface area contributed by atoms with Gasteiger partial charge in [0, 0.05) is 17.5 Å². The van der Waals surface area contributed by atoms with Gasteiger partial charge in [0.25, 0.3) is 0 Å². The molecule has 0 aliphatic carbocycles. The first-order valence-electron chi connectivity index (χ1n) is 6.39. The molecule has 0 spiro atoms. The molecule has 1 aliphatic rings. The SMILES string of the molecule is Cc1sc(Br)cc1S(=O)(=O)NC(C)CN1CCCC1. The second-order valence-corrected chi connectivity index (χ2v) is 9.32. The smallest absolute Gasteiger partial charge is 0.241 e. The summed E-state index contributed by atoms with van der Waals surface area (Å²) in [4.78, 5) is 3.51. The maximum absolute atomic E-state index is 12.3. The average Bonchev–Trinajstić information content (AvgIpc) is 2.87. The minimum atomic E-state index is -3.41. The van der Waals surface area contributed by atoms with E-state index in [0.717, 1.165) is 28.3 Å². The van der Waals surface area contributed by atoms with E-state index in [0.29, 0.717) is 4.90 Å². The van der Waals surface area contributed by atoms with Crippen molar-refractivity contribution in [2.24, 2.45) is 0 Å².